The fourth-order valence-electron chi connectivity index (χ4n) is 4.02. The highest BCUT2D eigenvalue weighted by molar-refractivity contribution is 5.82. The van der Waals surface area contributed by atoms with Crippen LogP contribution >= 0.6 is 0 Å². The Hall–Kier alpha value is -3.45. The normalized spacial score (nSPS) is 15.4. The maximum atomic E-state index is 12.4. The molecule has 1 fully saturated rings. The van der Waals surface area contributed by atoms with E-state index in [1.165, 1.54) is 11.8 Å². The molecule has 0 amide bonds. The number of nitrogens with one attached hydrogen (secondary N) is 1. The SMILES string of the molecule is CCc1ccc(-n2c(O)c(C=NC3CCN(Cc4ccccc4)CC3)c(=O)[nH]c2=O)cc1. The molecule has 1 aliphatic rings. The maximum absolute atomic E-state index is 12.4. The van der Waals surface area contributed by atoms with Gasteiger partial charge in [-0.2, -0.15) is 0 Å². The number of likely N-dealkylation sites (tertiary alicyclic amines) is 1. The van der Waals surface area contributed by atoms with E-state index >= 15 is 0 Å². The van der Waals surface area contributed by atoms with Gasteiger partial charge >= 0.3 is 5.69 Å². The monoisotopic (exact) mass is 432 g/mol. The molecule has 7 nitrogen and oxygen atoms in total. The van der Waals surface area contributed by atoms with Crippen LogP contribution in [0.2, 0.25) is 0 Å². The van der Waals surface area contributed by atoms with Crippen molar-refractivity contribution in [1.29, 1.82) is 0 Å². The fraction of sp³-hybridized carbons (Fsp3) is 0.320. The number of piperidine rings is 1. The predicted octanol–water partition coefficient (Wildman–Crippen LogP) is 2.88. The summed E-state index contributed by atoms with van der Waals surface area (Å²) in [4.78, 5) is 33.9. The zero-order valence-corrected chi connectivity index (χ0v) is 18.2. The van der Waals surface area contributed by atoms with Crippen LogP contribution in [0.25, 0.3) is 5.69 Å². The first-order valence-corrected chi connectivity index (χ1v) is 11.0. The Morgan fingerprint density at radius 3 is 2.38 bits per heavy atom. The Bertz CT molecular complexity index is 1190. The molecule has 166 valence electrons. The van der Waals surface area contributed by atoms with Crippen molar-refractivity contribution >= 4 is 6.21 Å². The fourth-order valence-corrected chi connectivity index (χ4v) is 4.02. The van der Waals surface area contributed by atoms with E-state index < -0.39 is 17.1 Å². The number of aliphatic imine (C=N–C) groups is 1. The van der Waals surface area contributed by atoms with Gasteiger partial charge in [0, 0.05) is 25.8 Å². The highest BCUT2D eigenvalue weighted by atomic mass is 16.3. The van der Waals surface area contributed by atoms with Gasteiger partial charge < -0.3 is 5.11 Å². The standard InChI is InChI=1S/C25H28N4O3/c1-2-18-8-10-21(11-9-18)29-24(31)22(23(30)27-25(29)32)16-26-20-12-14-28(15-13-20)17-19-6-4-3-5-7-19/h3-11,16,20,31H,2,12-15,17H2,1H3,(H,27,30,32). The van der Waals surface area contributed by atoms with Gasteiger partial charge in [0.15, 0.2) is 0 Å². The van der Waals surface area contributed by atoms with Crippen LogP contribution < -0.4 is 11.2 Å². The number of aromatic nitrogens is 2. The van der Waals surface area contributed by atoms with E-state index in [1.807, 2.05) is 37.3 Å². The van der Waals surface area contributed by atoms with Gasteiger partial charge in [0.1, 0.15) is 5.56 Å². The van der Waals surface area contributed by atoms with E-state index in [2.05, 4.69) is 27.0 Å². The van der Waals surface area contributed by atoms with Crippen LogP contribution in [-0.2, 0) is 13.0 Å². The quantitative estimate of drug-likeness (QED) is 0.586. The van der Waals surface area contributed by atoms with Gasteiger partial charge in [-0.15, -0.1) is 0 Å². The van der Waals surface area contributed by atoms with E-state index in [9.17, 15) is 14.7 Å². The lowest BCUT2D eigenvalue weighted by molar-refractivity contribution is 0.206. The largest absolute Gasteiger partial charge is 0.493 e. The van der Waals surface area contributed by atoms with Crippen molar-refractivity contribution in [2.45, 2.75) is 38.8 Å². The number of rotatable bonds is 6. The van der Waals surface area contributed by atoms with Crippen molar-refractivity contribution in [2.24, 2.45) is 4.99 Å². The third-order valence-corrected chi connectivity index (χ3v) is 5.94. The van der Waals surface area contributed by atoms with Crippen LogP contribution in [0.5, 0.6) is 5.88 Å². The zero-order valence-electron chi connectivity index (χ0n) is 18.2. The highest BCUT2D eigenvalue weighted by Crippen LogP contribution is 2.19. The average molecular weight is 433 g/mol. The van der Waals surface area contributed by atoms with Crippen LogP contribution in [0, 0.1) is 0 Å². The lowest BCUT2D eigenvalue weighted by Gasteiger charge is -2.30. The summed E-state index contributed by atoms with van der Waals surface area (Å²) in [7, 11) is 0. The third kappa shape index (κ3) is 4.89. The van der Waals surface area contributed by atoms with Gasteiger partial charge in [0.05, 0.1) is 11.7 Å². The topological polar surface area (TPSA) is 90.7 Å². The zero-order chi connectivity index (χ0) is 22.5. The van der Waals surface area contributed by atoms with Crippen LogP contribution in [0.4, 0.5) is 0 Å². The van der Waals surface area contributed by atoms with Crippen LogP contribution in [0.3, 0.4) is 0 Å². The molecule has 0 spiro atoms. The highest BCUT2D eigenvalue weighted by Gasteiger charge is 2.19. The second-order valence-corrected chi connectivity index (χ2v) is 8.12. The van der Waals surface area contributed by atoms with E-state index in [0.29, 0.717) is 5.69 Å². The molecule has 4 rings (SSSR count). The number of nitrogens with zero attached hydrogens (tertiary/aromatic N) is 3. The summed E-state index contributed by atoms with van der Waals surface area (Å²) in [5.74, 6) is -0.395. The number of aromatic hydroxyl groups is 1. The summed E-state index contributed by atoms with van der Waals surface area (Å²) in [6, 6.07) is 17.7. The van der Waals surface area contributed by atoms with Gasteiger partial charge in [-0.25, -0.2) is 9.36 Å². The van der Waals surface area contributed by atoms with E-state index in [0.717, 1.165) is 49.0 Å². The smallest absolute Gasteiger partial charge is 0.335 e. The number of hydrogen-bond donors (Lipinski definition) is 2. The number of H-pyrrole nitrogens is 1. The van der Waals surface area contributed by atoms with E-state index in [-0.39, 0.29) is 11.6 Å². The number of hydrogen-bond acceptors (Lipinski definition) is 5. The van der Waals surface area contributed by atoms with Crippen molar-refractivity contribution in [3.63, 3.8) is 0 Å². The van der Waals surface area contributed by atoms with E-state index in [4.69, 9.17) is 0 Å². The Labute approximate surface area is 186 Å². The summed E-state index contributed by atoms with van der Waals surface area (Å²) in [6.45, 7) is 4.80. The van der Waals surface area contributed by atoms with Gasteiger partial charge in [-0.05, 0) is 42.5 Å². The molecule has 1 saturated heterocycles. The first-order valence-electron chi connectivity index (χ1n) is 11.0. The molecule has 0 bridgehead atoms. The van der Waals surface area contributed by atoms with E-state index in [1.54, 1.807) is 12.1 Å². The van der Waals surface area contributed by atoms with Crippen molar-refractivity contribution < 1.29 is 5.11 Å². The summed E-state index contributed by atoms with van der Waals surface area (Å²) < 4.78 is 1.10. The summed E-state index contributed by atoms with van der Waals surface area (Å²) in [5, 5.41) is 10.7. The Morgan fingerprint density at radius 2 is 1.72 bits per heavy atom. The lowest BCUT2D eigenvalue weighted by Crippen LogP contribution is -2.35. The molecule has 0 unspecified atom stereocenters. The minimum atomic E-state index is -0.678. The van der Waals surface area contributed by atoms with Crippen molar-refractivity contribution in [3.05, 3.63) is 92.1 Å². The summed E-state index contributed by atoms with van der Waals surface area (Å²) in [6.07, 6.45) is 4.02. The Morgan fingerprint density at radius 1 is 1.03 bits per heavy atom. The van der Waals surface area contributed by atoms with Crippen molar-refractivity contribution in [1.82, 2.24) is 14.5 Å². The molecule has 0 radical (unpaired) electrons. The molecule has 1 aliphatic heterocycles. The average Bonchev–Trinajstić information content (AvgIpc) is 2.81. The second-order valence-electron chi connectivity index (χ2n) is 8.12. The van der Waals surface area contributed by atoms with Gasteiger partial charge in [-0.3, -0.25) is 19.7 Å². The van der Waals surface area contributed by atoms with Crippen molar-refractivity contribution in [2.75, 3.05) is 13.1 Å². The molecular weight excluding hydrogens is 404 g/mol. The predicted molar refractivity (Wildman–Crippen MR) is 126 cm³/mol. The number of aromatic amines is 1. The summed E-state index contributed by atoms with van der Waals surface area (Å²) >= 11 is 0. The molecule has 1 aromatic heterocycles. The molecule has 7 heteroatoms. The molecular formula is C25H28N4O3. The first kappa shape index (κ1) is 21.8. The molecule has 32 heavy (non-hydrogen) atoms. The number of benzene rings is 2. The minimum Gasteiger partial charge on any atom is -0.493 e. The van der Waals surface area contributed by atoms with Gasteiger partial charge in [-0.1, -0.05) is 49.4 Å². The van der Waals surface area contributed by atoms with Crippen molar-refractivity contribution in [3.8, 4) is 11.6 Å². The summed E-state index contributed by atoms with van der Waals surface area (Å²) in [5.41, 5.74) is 1.58. The molecule has 0 saturated carbocycles. The van der Waals surface area contributed by atoms with Gasteiger partial charge in [0.25, 0.3) is 5.56 Å². The molecule has 0 aliphatic carbocycles. The second kappa shape index (κ2) is 9.78. The molecule has 0 atom stereocenters. The molecule has 2 aromatic carbocycles. The van der Waals surface area contributed by atoms with Crippen LogP contribution in [0.1, 0.15) is 36.5 Å². The van der Waals surface area contributed by atoms with Crippen LogP contribution in [-0.4, -0.2) is 44.9 Å². The van der Waals surface area contributed by atoms with Gasteiger partial charge in [0.2, 0.25) is 5.88 Å². The minimum absolute atomic E-state index is 0.00381. The molecule has 2 heterocycles. The lowest BCUT2D eigenvalue weighted by atomic mass is 10.0. The maximum Gasteiger partial charge on any atom is 0.335 e. The first-order chi connectivity index (χ1) is 15.5. The molecule has 2 N–H and O–H groups in total. The Kier molecular flexibility index (Phi) is 6.66. The van der Waals surface area contributed by atoms with Crippen LogP contribution in [0.15, 0.2) is 69.2 Å². The third-order valence-electron chi connectivity index (χ3n) is 5.94. The molecule has 3 aromatic rings. The Balaban J connectivity index is 1.48. The number of aryl methyl sites for hydroxylation is 1.